The highest BCUT2D eigenvalue weighted by Gasteiger charge is 2.05. The highest BCUT2D eigenvalue weighted by atomic mass is 16.1. The Morgan fingerprint density at radius 2 is 2.45 bits per heavy atom. The fraction of sp³-hybridized carbons (Fsp3) is 0.375. The van der Waals surface area contributed by atoms with E-state index in [9.17, 15) is 4.79 Å². The van der Waals surface area contributed by atoms with Crippen LogP contribution in [0, 0.1) is 0 Å². The fourth-order valence-electron chi connectivity index (χ4n) is 0.996. The van der Waals surface area contributed by atoms with Crippen LogP contribution in [0.15, 0.2) is 18.3 Å². The molecule has 0 saturated heterocycles. The average Bonchev–Trinajstić information content (AvgIpc) is 2.35. The molecule has 2 N–H and O–H groups in total. The summed E-state index contributed by atoms with van der Waals surface area (Å²) in [6.07, 6.45) is 1.84. The normalized spacial score (nSPS) is 12.5. The molecule has 0 spiro atoms. The molecule has 1 aromatic heterocycles. The van der Waals surface area contributed by atoms with Gasteiger partial charge >= 0.3 is 0 Å². The van der Waals surface area contributed by atoms with Crippen LogP contribution in [0.25, 0.3) is 0 Å². The molecule has 0 aliphatic carbocycles. The minimum absolute atomic E-state index is 0.00731. The second kappa shape index (κ2) is 3.23. The first-order valence-corrected chi connectivity index (χ1v) is 3.60. The molecular formula is C8H12N2O. The molecule has 1 unspecified atom stereocenters. The summed E-state index contributed by atoms with van der Waals surface area (Å²) in [5.74, 6) is -0.00731. The van der Waals surface area contributed by atoms with Crippen LogP contribution >= 0.6 is 0 Å². The van der Waals surface area contributed by atoms with Gasteiger partial charge in [0.05, 0.1) is 6.04 Å². The molecule has 60 valence electrons. The SMILES string of the molecule is CC(=O)NC(C)c1ccc[nH]1. The number of aromatic nitrogens is 1. The van der Waals surface area contributed by atoms with Crippen molar-refractivity contribution in [2.75, 3.05) is 0 Å². The van der Waals surface area contributed by atoms with Crippen LogP contribution < -0.4 is 5.32 Å². The molecule has 0 aromatic carbocycles. The number of rotatable bonds is 2. The van der Waals surface area contributed by atoms with E-state index in [2.05, 4.69) is 10.3 Å². The van der Waals surface area contributed by atoms with Gasteiger partial charge in [0.15, 0.2) is 0 Å². The first kappa shape index (κ1) is 7.85. The lowest BCUT2D eigenvalue weighted by Gasteiger charge is -2.09. The Kier molecular flexibility index (Phi) is 2.31. The summed E-state index contributed by atoms with van der Waals surface area (Å²) >= 11 is 0. The monoisotopic (exact) mass is 152 g/mol. The molecule has 1 amide bonds. The number of carbonyl (C=O) groups excluding carboxylic acids is 1. The summed E-state index contributed by atoms with van der Waals surface area (Å²) in [5, 5.41) is 2.77. The molecule has 3 nitrogen and oxygen atoms in total. The summed E-state index contributed by atoms with van der Waals surface area (Å²) in [6.45, 7) is 3.45. The van der Waals surface area contributed by atoms with Crippen LogP contribution in [-0.2, 0) is 4.79 Å². The molecular weight excluding hydrogens is 140 g/mol. The number of nitrogens with one attached hydrogen (secondary N) is 2. The molecule has 0 saturated carbocycles. The van der Waals surface area contributed by atoms with Gasteiger partial charge in [0.1, 0.15) is 0 Å². The summed E-state index contributed by atoms with van der Waals surface area (Å²) in [4.78, 5) is 13.7. The quantitative estimate of drug-likeness (QED) is 0.657. The second-order valence-corrected chi connectivity index (χ2v) is 2.55. The lowest BCUT2D eigenvalue weighted by atomic mass is 10.2. The van der Waals surface area contributed by atoms with E-state index in [1.54, 1.807) is 0 Å². The maximum Gasteiger partial charge on any atom is 0.217 e. The Labute approximate surface area is 65.8 Å². The van der Waals surface area contributed by atoms with Crippen molar-refractivity contribution in [1.29, 1.82) is 0 Å². The van der Waals surface area contributed by atoms with Crippen molar-refractivity contribution in [3.05, 3.63) is 24.0 Å². The first-order valence-electron chi connectivity index (χ1n) is 3.60. The van der Waals surface area contributed by atoms with Crippen molar-refractivity contribution in [3.8, 4) is 0 Å². The molecule has 3 heteroatoms. The molecule has 0 aliphatic heterocycles. The van der Waals surface area contributed by atoms with Crippen molar-refractivity contribution in [2.45, 2.75) is 19.9 Å². The second-order valence-electron chi connectivity index (χ2n) is 2.55. The van der Waals surface area contributed by atoms with E-state index in [-0.39, 0.29) is 11.9 Å². The van der Waals surface area contributed by atoms with E-state index < -0.39 is 0 Å². The van der Waals surface area contributed by atoms with Gasteiger partial charge in [-0.3, -0.25) is 4.79 Å². The number of aromatic amines is 1. The van der Waals surface area contributed by atoms with Gasteiger partial charge in [-0.15, -0.1) is 0 Å². The predicted molar refractivity (Wildman–Crippen MR) is 43.0 cm³/mol. The minimum Gasteiger partial charge on any atom is -0.363 e. The van der Waals surface area contributed by atoms with E-state index in [1.165, 1.54) is 6.92 Å². The third-order valence-electron chi connectivity index (χ3n) is 1.51. The van der Waals surface area contributed by atoms with Crippen LogP contribution in [0.4, 0.5) is 0 Å². The number of carbonyl (C=O) groups is 1. The molecule has 0 radical (unpaired) electrons. The van der Waals surface area contributed by atoms with Crippen LogP contribution in [0.3, 0.4) is 0 Å². The van der Waals surface area contributed by atoms with E-state index in [0.29, 0.717) is 0 Å². The van der Waals surface area contributed by atoms with Gasteiger partial charge < -0.3 is 10.3 Å². The average molecular weight is 152 g/mol. The number of hydrogen-bond donors (Lipinski definition) is 2. The molecule has 1 rings (SSSR count). The largest absolute Gasteiger partial charge is 0.363 e. The third kappa shape index (κ3) is 2.11. The first-order chi connectivity index (χ1) is 5.20. The van der Waals surface area contributed by atoms with Gasteiger partial charge in [-0.25, -0.2) is 0 Å². The van der Waals surface area contributed by atoms with E-state index in [4.69, 9.17) is 0 Å². The Morgan fingerprint density at radius 3 is 2.91 bits per heavy atom. The van der Waals surface area contributed by atoms with E-state index in [0.717, 1.165) is 5.69 Å². The predicted octanol–water partition coefficient (Wildman–Crippen LogP) is 1.21. The molecule has 1 atom stereocenters. The maximum absolute atomic E-state index is 10.6. The summed E-state index contributed by atoms with van der Waals surface area (Å²) in [5.41, 5.74) is 1.03. The van der Waals surface area contributed by atoms with Gasteiger partial charge in [-0.1, -0.05) is 0 Å². The number of H-pyrrole nitrogens is 1. The van der Waals surface area contributed by atoms with Crippen LogP contribution in [0.1, 0.15) is 25.6 Å². The van der Waals surface area contributed by atoms with Crippen LogP contribution in [0.2, 0.25) is 0 Å². The third-order valence-corrected chi connectivity index (χ3v) is 1.51. The molecule has 11 heavy (non-hydrogen) atoms. The fourth-order valence-corrected chi connectivity index (χ4v) is 0.996. The van der Waals surface area contributed by atoms with E-state index >= 15 is 0 Å². The van der Waals surface area contributed by atoms with E-state index in [1.807, 2.05) is 25.3 Å². The minimum atomic E-state index is -0.00731. The van der Waals surface area contributed by atoms with Crippen molar-refractivity contribution in [1.82, 2.24) is 10.3 Å². The lowest BCUT2D eigenvalue weighted by molar-refractivity contribution is -0.119. The van der Waals surface area contributed by atoms with Gasteiger partial charge in [-0.05, 0) is 19.1 Å². The van der Waals surface area contributed by atoms with Crippen molar-refractivity contribution >= 4 is 5.91 Å². The Morgan fingerprint density at radius 1 is 1.73 bits per heavy atom. The zero-order valence-electron chi connectivity index (χ0n) is 6.72. The lowest BCUT2D eigenvalue weighted by Crippen LogP contribution is -2.23. The zero-order chi connectivity index (χ0) is 8.27. The highest BCUT2D eigenvalue weighted by molar-refractivity contribution is 5.73. The topological polar surface area (TPSA) is 44.9 Å². The Bertz CT molecular complexity index is 228. The van der Waals surface area contributed by atoms with Crippen molar-refractivity contribution in [3.63, 3.8) is 0 Å². The molecule has 0 fully saturated rings. The smallest absolute Gasteiger partial charge is 0.217 e. The van der Waals surface area contributed by atoms with Gasteiger partial charge in [0.2, 0.25) is 5.91 Å². The summed E-state index contributed by atoms with van der Waals surface area (Å²) in [6, 6.07) is 3.93. The van der Waals surface area contributed by atoms with Gasteiger partial charge in [-0.2, -0.15) is 0 Å². The van der Waals surface area contributed by atoms with Crippen molar-refractivity contribution < 1.29 is 4.79 Å². The maximum atomic E-state index is 10.6. The van der Waals surface area contributed by atoms with Gasteiger partial charge in [0.25, 0.3) is 0 Å². The zero-order valence-corrected chi connectivity index (χ0v) is 6.72. The molecule has 0 bridgehead atoms. The summed E-state index contributed by atoms with van der Waals surface area (Å²) in [7, 11) is 0. The standard InChI is InChI=1S/C8H12N2O/c1-6(10-7(2)11)8-4-3-5-9-8/h3-6,9H,1-2H3,(H,10,11). The van der Waals surface area contributed by atoms with Crippen LogP contribution in [-0.4, -0.2) is 10.9 Å². The number of hydrogen-bond acceptors (Lipinski definition) is 1. The number of amides is 1. The Hall–Kier alpha value is -1.25. The Balaban J connectivity index is 2.56. The van der Waals surface area contributed by atoms with Crippen molar-refractivity contribution in [2.24, 2.45) is 0 Å². The highest BCUT2D eigenvalue weighted by Crippen LogP contribution is 2.07. The molecule has 1 heterocycles. The molecule has 1 aromatic rings. The van der Waals surface area contributed by atoms with Gasteiger partial charge in [0, 0.05) is 18.8 Å². The molecule has 0 aliphatic rings. The van der Waals surface area contributed by atoms with Crippen LogP contribution in [0.5, 0.6) is 0 Å². The summed E-state index contributed by atoms with van der Waals surface area (Å²) < 4.78 is 0.